The van der Waals surface area contributed by atoms with Gasteiger partial charge in [0.1, 0.15) is 11.7 Å². The van der Waals surface area contributed by atoms with Crippen molar-refractivity contribution in [1.82, 2.24) is 4.90 Å². The molecule has 2 rings (SSSR count). The van der Waals surface area contributed by atoms with Crippen LogP contribution in [0.3, 0.4) is 0 Å². The average molecular weight is 373 g/mol. The van der Waals surface area contributed by atoms with E-state index in [2.05, 4.69) is 26.0 Å². The zero-order chi connectivity index (χ0) is 20.0. The summed E-state index contributed by atoms with van der Waals surface area (Å²) in [6, 6.07) is 8.14. The number of nitrogens with zero attached hydrogens (tertiary/aromatic N) is 1. The van der Waals surface area contributed by atoms with Crippen LogP contribution in [0.4, 0.5) is 4.79 Å². The number of carbonyl (C=O) groups is 2. The van der Waals surface area contributed by atoms with E-state index in [4.69, 9.17) is 9.47 Å². The number of carbonyl (C=O) groups excluding carboxylic acids is 2. The second kappa shape index (κ2) is 9.07. The largest absolute Gasteiger partial charge is 0.459 e. The number of hydrogen-bond donors (Lipinski definition) is 0. The van der Waals surface area contributed by atoms with Crippen molar-refractivity contribution in [2.45, 2.75) is 65.1 Å². The third kappa shape index (κ3) is 7.08. The van der Waals surface area contributed by atoms with Gasteiger partial charge in [-0.3, -0.25) is 0 Å². The highest BCUT2D eigenvalue weighted by molar-refractivity contribution is 5.87. The summed E-state index contributed by atoms with van der Waals surface area (Å²) in [5.41, 5.74) is 1.74. The van der Waals surface area contributed by atoms with Gasteiger partial charge in [-0.15, -0.1) is 0 Å². The van der Waals surface area contributed by atoms with Crippen LogP contribution in [0.1, 0.15) is 64.5 Å². The quantitative estimate of drug-likeness (QED) is 0.564. The highest BCUT2D eigenvalue weighted by atomic mass is 16.6. The molecule has 0 saturated carbocycles. The molecule has 0 atom stereocenters. The van der Waals surface area contributed by atoms with Crippen molar-refractivity contribution in [3.63, 3.8) is 0 Å². The molecular formula is C22H31NO4. The molecule has 5 nitrogen and oxygen atoms in total. The van der Waals surface area contributed by atoms with Gasteiger partial charge in [-0.1, -0.05) is 38.1 Å². The third-order valence-electron chi connectivity index (χ3n) is 4.39. The Morgan fingerprint density at radius 2 is 1.70 bits per heavy atom. The van der Waals surface area contributed by atoms with Gasteiger partial charge in [0, 0.05) is 32.0 Å². The maximum absolute atomic E-state index is 12.1. The highest BCUT2D eigenvalue weighted by Gasteiger charge is 2.28. The summed E-state index contributed by atoms with van der Waals surface area (Å²) in [4.78, 5) is 25.8. The first-order valence-electron chi connectivity index (χ1n) is 9.60. The van der Waals surface area contributed by atoms with Crippen molar-refractivity contribution in [3.05, 3.63) is 41.5 Å². The molecule has 1 fully saturated rings. The number of piperidine rings is 1. The molecule has 27 heavy (non-hydrogen) atoms. The Bertz CT molecular complexity index is 663. The summed E-state index contributed by atoms with van der Waals surface area (Å²) < 4.78 is 10.9. The lowest BCUT2D eigenvalue weighted by Gasteiger charge is -2.33. The van der Waals surface area contributed by atoms with Gasteiger partial charge in [-0.25, -0.2) is 9.59 Å². The second-order valence-electron chi connectivity index (χ2n) is 8.26. The zero-order valence-corrected chi connectivity index (χ0v) is 17.0. The van der Waals surface area contributed by atoms with Crippen molar-refractivity contribution in [3.8, 4) is 0 Å². The molecule has 1 aliphatic heterocycles. The van der Waals surface area contributed by atoms with Crippen LogP contribution in [0, 0.1) is 0 Å². The number of likely N-dealkylation sites (tertiary alicyclic amines) is 1. The summed E-state index contributed by atoms with van der Waals surface area (Å²) in [6.45, 7) is 10.9. The molecular weight excluding hydrogens is 342 g/mol. The SMILES string of the molecule is CC(C)c1ccc(/C=C/C(=O)OC2CCN(C(=O)OC(C)(C)C)CC2)cc1. The number of benzene rings is 1. The van der Waals surface area contributed by atoms with Crippen LogP contribution in [0.25, 0.3) is 6.08 Å². The first-order valence-corrected chi connectivity index (χ1v) is 9.60. The summed E-state index contributed by atoms with van der Waals surface area (Å²) in [6.07, 6.45) is 4.01. The van der Waals surface area contributed by atoms with Crippen molar-refractivity contribution in [2.75, 3.05) is 13.1 Å². The number of ether oxygens (including phenoxy) is 2. The van der Waals surface area contributed by atoms with Crippen LogP contribution in [0.2, 0.25) is 0 Å². The Morgan fingerprint density at radius 3 is 2.22 bits per heavy atom. The highest BCUT2D eigenvalue weighted by Crippen LogP contribution is 2.18. The number of hydrogen-bond acceptors (Lipinski definition) is 4. The molecule has 0 bridgehead atoms. The van der Waals surface area contributed by atoms with E-state index in [1.165, 1.54) is 11.6 Å². The molecule has 0 radical (unpaired) electrons. The second-order valence-corrected chi connectivity index (χ2v) is 8.26. The lowest BCUT2D eigenvalue weighted by molar-refractivity contribution is -0.144. The zero-order valence-electron chi connectivity index (χ0n) is 17.0. The Labute approximate surface area is 162 Å². The van der Waals surface area contributed by atoms with Crippen LogP contribution in [-0.4, -0.2) is 41.8 Å². The first kappa shape index (κ1) is 21.0. The summed E-state index contributed by atoms with van der Waals surface area (Å²) in [7, 11) is 0. The predicted molar refractivity (Wildman–Crippen MR) is 106 cm³/mol. The normalized spacial score (nSPS) is 16.0. The van der Waals surface area contributed by atoms with Gasteiger partial charge in [-0.05, 0) is 43.9 Å². The molecule has 1 aliphatic rings. The van der Waals surface area contributed by atoms with Crippen molar-refractivity contribution < 1.29 is 19.1 Å². The molecule has 5 heteroatoms. The van der Waals surface area contributed by atoms with Crippen molar-refractivity contribution in [2.24, 2.45) is 0 Å². The third-order valence-corrected chi connectivity index (χ3v) is 4.39. The molecule has 0 aliphatic carbocycles. The lowest BCUT2D eigenvalue weighted by Crippen LogP contribution is -2.43. The average Bonchev–Trinajstić information content (AvgIpc) is 2.59. The molecule has 1 saturated heterocycles. The Morgan fingerprint density at radius 1 is 1.11 bits per heavy atom. The van der Waals surface area contributed by atoms with Crippen LogP contribution >= 0.6 is 0 Å². The molecule has 0 N–H and O–H groups in total. The minimum atomic E-state index is -0.501. The summed E-state index contributed by atoms with van der Waals surface area (Å²) in [5, 5.41) is 0. The van der Waals surface area contributed by atoms with Gasteiger partial charge >= 0.3 is 12.1 Å². The maximum atomic E-state index is 12.1. The fourth-order valence-corrected chi connectivity index (χ4v) is 2.84. The van der Waals surface area contributed by atoms with Crippen LogP contribution < -0.4 is 0 Å². The minimum absolute atomic E-state index is 0.163. The van der Waals surface area contributed by atoms with E-state index < -0.39 is 5.60 Å². The fourth-order valence-electron chi connectivity index (χ4n) is 2.84. The molecule has 0 spiro atoms. The van der Waals surface area contributed by atoms with Gasteiger partial charge in [0.25, 0.3) is 0 Å². The summed E-state index contributed by atoms with van der Waals surface area (Å²) >= 11 is 0. The van der Waals surface area contributed by atoms with Crippen LogP contribution in [0.5, 0.6) is 0 Å². The topological polar surface area (TPSA) is 55.8 Å². The smallest absolute Gasteiger partial charge is 0.410 e. The van der Waals surface area contributed by atoms with Crippen LogP contribution in [-0.2, 0) is 14.3 Å². The van der Waals surface area contributed by atoms with E-state index in [1.54, 1.807) is 11.0 Å². The van der Waals surface area contributed by atoms with E-state index in [-0.39, 0.29) is 18.2 Å². The monoisotopic (exact) mass is 373 g/mol. The van der Waals surface area contributed by atoms with Crippen molar-refractivity contribution in [1.29, 1.82) is 0 Å². The van der Waals surface area contributed by atoms with Gasteiger partial charge in [0.05, 0.1) is 0 Å². The van der Waals surface area contributed by atoms with Crippen LogP contribution in [0.15, 0.2) is 30.3 Å². The number of esters is 1. The van der Waals surface area contributed by atoms with E-state index in [0.717, 1.165) is 5.56 Å². The first-order chi connectivity index (χ1) is 12.6. The molecule has 0 unspecified atom stereocenters. The van der Waals surface area contributed by atoms with Gasteiger partial charge in [-0.2, -0.15) is 0 Å². The molecule has 1 amide bonds. The summed E-state index contributed by atoms with van der Waals surface area (Å²) in [5.74, 6) is 0.137. The Kier molecular flexibility index (Phi) is 7.05. The lowest BCUT2D eigenvalue weighted by atomic mass is 10.0. The van der Waals surface area contributed by atoms with E-state index in [1.807, 2.05) is 32.9 Å². The number of rotatable bonds is 4. The Balaban J connectivity index is 1.78. The molecule has 0 aromatic heterocycles. The van der Waals surface area contributed by atoms with Gasteiger partial charge in [0.2, 0.25) is 0 Å². The van der Waals surface area contributed by atoms with Gasteiger partial charge < -0.3 is 14.4 Å². The van der Waals surface area contributed by atoms with E-state index in [9.17, 15) is 9.59 Å². The standard InChI is InChI=1S/C22H31NO4/c1-16(2)18-9-6-17(7-10-18)8-11-20(24)26-19-12-14-23(15-13-19)21(25)27-22(3,4)5/h6-11,16,19H,12-15H2,1-5H3/b11-8+. The number of amides is 1. The maximum Gasteiger partial charge on any atom is 0.410 e. The minimum Gasteiger partial charge on any atom is -0.459 e. The predicted octanol–water partition coefficient (Wildman–Crippen LogP) is 4.77. The van der Waals surface area contributed by atoms with Crippen molar-refractivity contribution >= 4 is 18.1 Å². The fraction of sp³-hybridized carbons (Fsp3) is 0.545. The molecule has 1 aromatic rings. The molecule has 1 aromatic carbocycles. The van der Waals surface area contributed by atoms with E-state index >= 15 is 0 Å². The Hall–Kier alpha value is -2.30. The molecule has 148 valence electrons. The molecule has 1 heterocycles. The van der Waals surface area contributed by atoms with Gasteiger partial charge in [0.15, 0.2) is 0 Å². The van der Waals surface area contributed by atoms with E-state index in [0.29, 0.717) is 31.8 Å².